The summed E-state index contributed by atoms with van der Waals surface area (Å²) in [6.07, 6.45) is 6.11. The lowest BCUT2D eigenvalue weighted by Crippen LogP contribution is -2.37. The maximum absolute atomic E-state index is 12.2. The first-order valence-electron chi connectivity index (χ1n) is 7.45. The number of carbonyl (C=O) groups is 1. The largest absolute Gasteiger partial charge is 0.393 e. The Morgan fingerprint density at radius 3 is 2.33 bits per heavy atom. The van der Waals surface area contributed by atoms with Crippen molar-refractivity contribution in [1.82, 2.24) is 0 Å². The summed E-state index contributed by atoms with van der Waals surface area (Å²) in [5, 5.41) is 19.4. The summed E-state index contributed by atoms with van der Waals surface area (Å²) in [7, 11) is 0. The molecule has 0 aromatic heterocycles. The average Bonchev–Trinajstić information content (AvgIpc) is 2.32. The Hall–Kier alpha value is -0.410. The van der Waals surface area contributed by atoms with Crippen LogP contribution >= 0.6 is 0 Å². The van der Waals surface area contributed by atoms with Gasteiger partial charge in [0.1, 0.15) is 5.78 Å². The molecule has 0 aliphatic heterocycles. The van der Waals surface area contributed by atoms with Gasteiger partial charge in [-0.25, -0.2) is 0 Å². The van der Waals surface area contributed by atoms with Crippen molar-refractivity contribution in [2.75, 3.05) is 0 Å². The highest BCUT2D eigenvalue weighted by Gasteiger charge is 2.34. The van der Waals surface area contributed by atoms with E-state index in [0.717, 1.165) is 5.92 Å². The highest BCUT2D eigenvalue weighted by atomic mass is 16.3. The molecule has 0 amide bonds. The highest BCUT2D eigenvalue weighted by molar-refractivity contribution is 5.81. The van der Waals surface area contributed by atoms with Gasteiger partial charge in [0.2, 0.25) is 0 Å². The number of rotatable bonds is 3. The van der Waals surface area contributed by atoms with Gasteiger partial charge in [0.05, 0.1) is 12.2 Å². The fourth-order valence-electron chi connectivity index (χ4n) is 3.47. The molecule has 2 aliphatic carbocycles. The van der Waals surface area contributed by atoms with Crippen LogP contribution in [-0.2, 0) is 4.79 Å². The summed E-state index contributed by atoms with van der Waals surface area (Å²) in [5.41, 5.74) is 0. The molecule has 0 saturated heterocycles. The van der Waals surface area contributed by atoms with Gasteiger partial charge in [-0.2, -0.15) is 0 Å². The third kappa shape index (κ3) is 3.55. The Labute approximate surface area is 110 Å². The van der Waals surface area contributed by atoms with E-state index >= 15 is 0 Å². The fraction of sp³-hybridized carbons (Fsp3) is 0.933. The number of Topliss-reactive ketones (excluding diaryl/α,β-unsaturated/α-hetero) is 1. The molecule has 0 bridgehead atoms. The van der Waals surface area contributed by atoms with E-state index in [1.54, 1.807) is 0 Å². The Kier molecular flexibility index (Phi) is 4.79. The molecule has 2 fully saturated rings. The maximum Gasteiger partial charge on any atom is 0.138 e. The molecular formula is C15H26O3. The quantitative estimate of drug-likeness (QED) is 0.812. The van der Waals surface area contributed by atoms with Crippen LogP contribution in [0.2, 0.25) is 0 Å². The minimum absolute atomic E-state index is 0.215. The summed E-state index contributed by atoms with van der Waals surface area (Å²) in [4.78, 5) is 12.2. The minimum atomic E-state index is -0.622. The lowest BCUT2D eigenvalue weighted by molar-refractivity contribution is -0.130. The first-order valence-corrected chi connectivity index (χ1v) is 7.45. The first kappa shape index (κ1) is 14.0. The van der Waals surface area contributed by atoms with Crippen LogP contribution in [0.15, 0.2) is 0 Å². The summed E-state index contributed by atoms with van der Waals surface area (Å²) in [6, 6.07) is 0. The molecule has 3 nitrogen and oxygen atoms in total. The van der Waals surface area contributed by atoms with Crippen LogP contribution in [0, 0.1) is 17.8 Å². The first-order chi connectivity index (χ1) is 8.56. The molecule has 0 aromatic carbocycles. The summed E-state index contributed by atoms with van der Waals surface area (Å²) in [6.45, 7) is 2.28. The van der Waals surface area contributed by atoms with Crippen molar-refractivity contribution in [2.24, 2.45) is 17.8 Å². The summed E-state index contributed by atoms with van der Waals surface area (Å²) in [5.74, 6) is 1.36. The molecule has 3 atom stereocenters. The van der Waals surface area contributed by atoms with Crippen LogP contribution in [0.4, 0.5) is 0 Å². The predicted molar refractivity (Wildman–Crippen MR) is 70.1 cm³/mol. The summed E-state index contributed by atoms with van der Waals surface area (Å²) >= 11 is 0. The van der Waals surface area contributed by atoms with Gasteiger partial charge in [-0.3, -0.25) is 4.79 Å². The van der Waals surface area contributed by atoms with Crippen molar-refractivity contribution in [3.8, 4) is 0 Å². The molecule has 18 heavy (non-hydrogen) atoms. The van der Waals surface area contributed by atoms with E-state index in [4.69, 9.17) is 0 Å². The van der Waals surface area contributed by atoms with Crippen molar-refractivity contribution in [3.05, 3.63) is 0 Å². The zero-order chi connectivity index (χ0) is 13.1. The molecule has 3 heteroatoms. The molecule has 0 aromatic rings. The number of hydrogen-bond acceptors (Lipinski definition) is 3. The van der Waals surface area contributed by atoms with Crippen molar-refractivity contribution in [1.29, 1.82) is 0 Å². The normalized spacial score (nSPS) is 41.6. The third-order valence-electron chi connectivity index (χ3n) is 4.83. The van der Waals surface area contributed by atoms with Crippen molar-refractivity contribution in [2.45, 2.75) is 70.5 Å². The zero-order valence-corrected chi connectivity index (χ0v) is 11.3. The lowest BCUT2D eigenvalue weighted by Gasteiger charge is -2.32. The molecular weight excluding hydrogens is 228 g/mol. The van der Waals surface area contributed by atoms with Gasteiger partial charge in [-0.05, 0) is 43.9 Å². The second-order valence-corrected chi connectivity index (χ2v) is 6.44. The van der Waals surface area contributed by atoms with Gasteiger partial charge in [-0.15, -0.1) is 0 Å². The molecule has 2 N–H and O–H groups in total. The van der Waals surface area contributed by atoms with Crippen LogP contribution < -0.4 is 0 Å². The van der Waals surface area contributed by atoms with Crippen LogP contribution in [0.1, 0.15) is 58.3 Å². The van der Waals surface area contributed by atoms with Crippen LogP contribution in [0.3, 0.4) is 0 Å². The molecule has 2 aliphatic rings. The second kappa shape index (κ2) is 6.16. The highest BCUT2D eigenvalue weighted by Crippen LogP contribution is 2.33. The minimum Gasteiger partial charge on any atom is -0.393 e. The number of aliphatic hydroxyl groups excluding tert-OH is 2. The van der Waals surface area contributed by atoms with E-state index < -0.39 is 12.2 Å². The Morgan fingerprint density at radius 1 is 1.06 bits per heavy atom. The molecule has 2 rings (SSSR count). The molecule has 2 saturated carbocycles. The Balaban J connectivity index is 1.80. The van der Waals surface area contributed by atoms with Gasteiger partial charge >= 0.3 is 0 Å². The van der Waals surface area contributed by atoms with E-state index in [1.165, 1.54) is 25.7 Å². The van der Waals surface area contributed by atoms with Gasteiger partial charge in [0.25, 0.3) is 0 Å². The monoisotopic (exact) mass is 254 g/mol. The lowest BCUT2D eigenvalue weighted by atomic mass is 9.76. The van der Waals surface area contributed by atoms with E-state index in [9.17, 15) is 15.0 Å². The second-order valence-electron chi connectivity index (χ2n) is 6.44. The van der Waals surface area contributed by atoms with Crippen molar-refractivity contribution in [3.63, 3.8) is 0 Å². The molecule has 3 unspecified atom stereocenters. The van der Waals surface area contributed by atoms with Gasteiger partial charge < -0.3 is 10.2 Å². The SMILES string of the molecule is CC1CCC(CC(=O)C2CCC(O)CC2O)CC1. The molecule has 0 spiro atoms. The van der Waals surface area contributed by atoms with Crippen LogP contribution in [-0.4, -0.2) is 28.2 Å². The third-order valence-corrected chi connectivity index (χ3v) is 4.83. The molecule has 0 heterocycles. The van der Waals surface area contributed by atoms with E-state index in [-0.39, 0.29) is 11.7 Å². The molecule has 104 valence electrons. The Morgan fingerprint density at radius 2 is 1.72 bits per heavy atom. The van der Waals surface area contributed by atoms with Gasteiger partial charge in [0, 0.05) is 12.3 Å². The van der Waals surface area contributed by atoms with Crippen LogP contribution in [0.25, 0.3) is 0 Å². The number of carbonyl (C=O) groups excluding carboxylic acids is 1. The van der Waals surface area contributed by atoms with E-state index in [0.29, 0.717) is 31.6 Å². The molecule has 0 radical (unpaired) electrons. The number of ketones is 1. The standard InChI is InChI=1S/C15H26O3/c1-10-2-4-11(5-3-10)8-14(17)13-7-6-12(16)9-15(13)18/h10-13,15-16,18H,2-9H2,1H3. The van der Waals surface area contributed by atoms with Gasteiger partial charge in [0.15, 0.2) is 0 Å². The fourth-order valence-corrected chi connectivity index (χ4v) is 3.47. The van der Waals surface area contributed by atoms with E-state index in [1.807, 2.05) is 0 Å². The topological polar surface area (TPSA) is 57.5 Å². The van der Waals surface area contributed by atoms with Crippen molar-refractivity contribution < 1.29 is 15.0 Å². The smallest absolute Gasteiger partial charge is 0.138 e. The average molecular weight is 254 g/mol. The number of hydrogen-bond donors (Lipinski definition) is 2. The number of aliphatic hydroxyl groups is 2. The van der Waals surface area contributed by atoms with E-state index in [2.05, 4.69) is 6.92 Å². The van der Waals surface area contributed by atoms with Crippen molar-refractivity contribution >= 4 is 5.78 Å². The predicted octanol–water partition coefficient (Wildman–Crippen LogP) is 2.29. The summed E-state index contributed by atoms with van der Waals surface area (Å²) < 4.78 is 0. The van der Waals surface area contributed by atoms with Crippen LogP contribution in [0.5, 0.6) is 0 Å². The zero-order valence-electron chi connectivity index (χ0n) is 11.3. The Bertz CT molecular complexity index is 281. The van der Waals surface area contributed by atoms with Gasteiger partial charge in [-0.1, -0.05) is 19.8 Å². The maximum atomic E-state index is 12.2.